The van der Waals surface area contributed by atoms with Gasteiger partial charge in [0.15, 0.2) is 11.6 Å². The van der Waals surface area contributed by atoms with E-state index in [1.54, 1.807) is 24.3 Å². The first-order valence-corrected chi connectivity index (χ1v) is 9.37. The van der Waals surface area contributed by atoms with E-state index >= 15 is 0 Å². The van der Waals surface area contributed by atoms with Gasteiger partial charge in [0.05, 0.1) is 19.1 Å². The van der Waals surface area contributed by atoms with E-state index in [0.29, 0.717) is 11.4 Å². The van der Waals surface area contributed by atoms with Gasteiger partial charge in [0.2, 0.25) is 15.9 Å². The molecule has 0 fully saturated rings. The molecule has 0 bridgehead atoms. The third-order valence-corrected chi connectivity index (χ3v) is 4.85. The number of ether oxygens (including phenoxy) is 1. The summed E-state index contributed by atoms with van der Waals surface area (Å²) in [7, 11) is -2.43. The molecule has 6 nitrogen and oxygen atoms in total. The molecule has 2 aromatic rings. The van der Waals surface area contributed by atoms with Crippen molar-refractivity contribution in [2.45, 2.75) is 13.0 Å². The molecular weight excluding hydrogens is 366 g/mol. The SMILES string of the molecule is COc1ccc(NC(=O)C(C)N(c2ccc(F)c(F)c2)S(C)(=O)=O)cc1. The van der Waals surface area contributed by atoms with Crippen LogP contribution in [0.25, 0.3) is 0 Å². The van der Waals surface area contributed by atoms with Crippen LogP contribution in [0.3, 0.4) is 0 Å². The van der Waals surface area contributed by atoms with Crippen LogP contribution in [0.2, 0.25) is 0 Å². The molecule has 9 heteroatoms. The predicted molar refractivity (Wildman–Crippen MR) is 94.8 cm³/mol. The summed E-state index contributed by atoms with van der Waals surface area (Å²) in [6, 6.07) is 7.86. The monoisotopic (exact) mass is 384 g/mol. The van der Waals surface area contributed by atoms with E-state index in [1.165, 1.54) is 14.0 Å². The lowest BCUT2D eigenvalue weighted by Gasteiger charge is -2.28. The molecule has 0 spiro atoms. The number of anilines is 2. The van der Waals surface area contributed by atoms with Crippen molar-refractivity contribution in [1.82, 2.24) is 0 Å². The Hall–Kier alpha value is -2.68. The Bertz CT molecular complexity index is 901. The van der Waals surface area contributed by atoms with E-state index in [-0.39, 0.29) is 5.69 Å². The summed E-state index contributed by atoms with van der Waals surface area (Å²) < 4.78 is 56.6. The highest BCUT2D eigenvalue weighted by Crippen LogP contribution is 2.24. The third kappa shape index (κ3) is 4.48. The molecule has 2 rings (SSSR count). The van der Waals surface area contributed by atoms with E-state index in [9.17, 15) is 22.0 Å². The van der Waals surface area contributed by atoms with Gasteiger partial charge >= 0.3 is 0 Å². The number of hydrogen-bond acceptors (Lipinski definition) is 4. The van der Waals surface area contributed by atoms with Gasteiger partial charge in [-0.1, -0.05) is 0 Å². The highest BCUT2D eigenvalue weighted by atomic mass is 32.2. The fraction of sp³-hybridized carbons (Fsp3) is 0.235. The second kappa shape index (κ2) is 7.69. The number of nitrogens with one attached hydrogen (secondary N) is 1. The first kappa shape index (κ1) is 19.6. The molecule has 0 radical (unpaired) electrons. The standard InChI is InChI=1S/C17H18F2N2O4S/c1-11(17(22)20-12-4-7-14(25-2)8-5-12)21(26(3,23)24)13-6-9-15(18)16(19)10-13/h4-11H,1-3H3,(H,20,22). The normalized spacial score (nSPS) is 12.3. The minimum Gasteiger partial charge on any atom is -0.497 e. The fourth-order valence-corrected chi connectivity index (χ4v) is 3.52. The van der Waals surface area contributed by atoms with Crippen molar-refractivity contribution in [2.75, 3.05) is 23.0 Å². The molecule has 140 valence electrons. The molecule has 1 unspecified atom stereocenters. The van der Waals surface area contributed by atoms with Crippen LogP contribution >= 0.6 is 0 Å². The van der Waals surface area contributed by atoms with Crippen molar-refractivity contribution in [1.29, 1.82) is 0 Å². The van der Waals surface area contributed by atoms with Gasteiger partial charge in [-0.2, -0.15) is 0 Å². The lowest BCUT2D eigenvalue weighted by Crippen LogP contribution is -2.45. The van der Waals surface area contributed by atoms with Crippen LogP contribution in [-0.2, 0) is 14.8 Å². The Balaban J connectivity index is 2.29. The minimum atomic E-state index is -3.93. The number of nitrogens with zero attached hydrogens (tertiary/aromatic N) is 1. The molecule has 0 aliphatic heterocycles. The van der Waals surface area contributed by atoms with Gasteiger partial charge in [-0.05, 0) is 43.3 Å². The van der Waals surface area contributed by atoms with Gasteiger partial charge in [-0.3, -0.25) is 9.10 Å². The highest BCUT2D eigenvalue weighted by Gasteiger charge is 2.29. The quantitative estimate of drug-likeness (QED) is 0.831. The van der Waals surface area contributed by atoms with Crippen LogP contribution in [0.1, 0.15) is 6.92 Å². The zero-order valence-corrected chi connectivity index (χ0v) is 15.2. The minimum absolute atomic E-state index is 0.149. The molecule has 0 aliphatic carbocycles. The first-order chi connectivity index (χ1) is 12.1. The average molecular weight is 384 g/mol. The van der Waals surface area contributed by atoms with Crippen molar-refractivity contribution in [2.24, 2.45) is 0 Å². The number of amides is 1. The lowest BCUT2D eigenvalue weighted by molar-refractivity contribution is -0.116. The largest absolute Gasteiger partial charge is 0.497 e. The number of sulfonamides is 1. The fourth-order valence-electron chi connectivity index (χ4n) is 2.35. The second-order valence-electron chi connectivity index (χ2n) is 5.55. The van der Waals surface area contributed by atoms with Crippen molar-refractivity contribution < 1.29 is 26.7 Å². The second-order valence-corrected chi connectivity index (χ2v) is 7.41. The van der Waals surface area contributed by atoms with Crippen LogP contribution in [-0.4, -0.2) is 33.7 Å². The zero-order chi connectivity index (χ0) is 19.5. The van der Waals surface area contributed by atoms with Gasteiger partial charge < -0.3 is 10.1 Å². The maximum absolute atomic E-state index is 13.5. The first-order valence-electron chi connectivity index (χ1n) is 7.53. The Morgan fingerprint density at radius 1 is 1.12 bits per heavy atom. The molecule has 0 saturated carbocycles. The maximum atomic E-state index is 13.5. The highest BCUT2D eigenvalue weighted by molar-refractivity contribution is 7.92. The summed E-state index contributed by atoms with van der Waals surface area (Å²) >= 11 is 0. The number of rotatable bonds is 6. The van der Waals surface area contributed by atoms with E-state index in [0.717, 1.165) is 28.8 Å². The summed E-state index contributed by atoms with van der Waals surface area (Å²) in [5, 5.41) is 2.57. The van der Waals surface area contributed by atoms with Gasteiger partial charge in [0, 0.05) is 11.8 Å². The van der Waals surface area contributed by atoms with Crippen molar-refractivity contribution in [3.63, 3.8) is 0 Å². The summed E-state index contributed by atoms with van der Waals surface area (Å²) in [4.78, 5) is 12.5. The molecule has 0 heterocycles. The third-order valence-electron chi connectivity index (χ3n) is 3.60. The van der Waals surface area contributed by atoms with Crippen molar-refractivity contribution >= 4 is 27.3 Å². The Morgan fingerprint density at radius 3 is 2.23 bits per heavy atom. The average Bonchev–Trinajstić information content (AvgIpc) is 2.57. The summed E-state index contributed by atoms with van der Waals surface area (Å²) in [5.74, 6) is -2.36. The molecule has 1 amide bonds. The van der Waals surface area contributed by atoms with Crippen molar-refractivity contribution in [3.8, 4) is 5.75 Å². The summed E-state index contributed by atoms with van der Waals surface area (Å²) in [6.45, 7) is 1.35. The Morgan fingerprint density at radius 2 is 1.73 bits per heavy atom. The number of carbonyl (C=O) groups excluding carboxylic acids is 1. The molecule has 0 aromatic heterocycles. The molecular formula is C17H18F2N2O4S. The number of benzene rings is 2. The maximum Gasteiger partial charge on any atom is 0.247 e. The van der Waals surface area contributed by atoms with Crippen LogP contribution < -0.4 is 14.4 Å². The van der Waals surface area contributed by atoms with E-state index in [2.05, 4.69) is 5.32 Å². The van der Waals surface area contributed by atoms with Gasteiger partial charge in [0.1, 0.15) is 11.8 Å². The number of methoxy groups -OCH3 is 1. The van der Waals surface area contributed by atoms with Gasteiger partial charge in [0.25, 0.3) is 0 Å². The van der Waals surface area contributed by atoms with Crippen molar-refractivity contribution in [3.05, 3.63) is 54.1 Å². The van der Waals surface area contributed by atoms with Crippen LogP contribution in [0, 0.1) is 11.6 Å². The summed E-state index contributed by atoms with van der Waals surface area (Å²) in [5.41, 5.74) is 0.283. The smallest absolute Gasteiger partial charge is 0.247 e. The van der Waals surface area contributed by atoms with Crippen LogP contribution in [0.4, 0.5) is 20.2 Å². The topological polar surface area (TPSA) is 75.7 Å². The number of carbonyl (C=O) groups is 1. The number of halogens is 2. The van der Waals surface area contributed by atoms with Crippen LogP contribution in [0.15, 0.2) is 42.5 Å². The Labute approximate surface area is 150 Å². The molecule has 2 aromatic carbocycles. The predicted octanol–water partition coefficient (Wildman–Crippen LogP) is 2.77. The number of hydrogen-bond donors (Lipinski definition) is 1. The zero-order valence-electron chi connectivity index (χ0n) is 14.4. The Kier molecular flexibility index (Phi) is 5.81. The van der Waals surface area contributed by atoms with E-state index in [1.807, 2.05) is 0 Å². The molecule has 0 aliphatic rings. The van der Waals surface area contributed by atoms with E-state index in [4.69, 9.17) is 4.74 Å². The lowest BCUT2D eigenvalue weighted by atomic mass is 10.2. The molecule has 0 saturated heterocycles. The molecule has 1 N–H and O–H groups in total. The van der Waals surface area contributed by atoms with Crippen LogP contribution in [0.5, 0.6) is 5.75 Å². The van der Waals surface area contributed by atoms with E-state index < -0.39 is 33.6 Å². The summed E-state index contributed by atoms with van der Waals surface area (Å²) in [6.07, 6.45) is 0.880. The molecule has 1 atom stereocenters. The van der Waals surface area contributed by atoms with Gasteiger partial charge in [-0.25, -0.2) is 17.2 Å². The molecule has 26 heavy (non-hydrogen) atoms. The van der Waals surface area contributed by atoms with Gasteiger partial charge in [-0.15, -0.1) is 0 Å².